The number of amides is 1. The Morgan fingerprint density at radius 1 is 1.17 bits per heavy atom. The Hall–Kier alpha value is -4.35. The molecule has 3 aromatic carbocycles. The number of ether oxygens (including phenoxy) is 2. The molecule has 0 aliphatic rings. The number of halogens is 1. The van der Waals surface area contributed by atoms with Crippen LogP contribution in [0.25, 0.3) is 11.6 Å². The summed E-state index contributed by atoms with van der Waals surface area (Å²) in [6.07, 6.45) is 1.58. The number of hydrogen-bond donors (Lipinski definition) is 1. The van der Waals surface area contributed by atoms with Gasteiger partial charge in [0.2, 0.25) is 0 Å². The summed E-state index contributed by atoms with van der Waals surface area (Å²) in [7, 11) is 1.43. The summed E-state index contributed by atoms with van der Waals surface area (Å²) < 4.78 is 11.0. The van der Waals surface area contributed by atoms with Crippen LogP contribution < -0.4 is 14.8 Å². The number of aryl methyl sites for hydroxylation is 2. The van der Waals surface area contributed by atoms with Gasteiger partial charge in [-0.15, -0.1) is 0 Å². The van der Waals surface area contributed by atoms with Gasteiger partial charge in [-0.05, 0) is 72.5 Å². The number of allylic oxidation sites excluding steroid dienone is 1. The lowest BCUT2D eigenvalue weighted by Crippen LogP contribution is -2.21. The van der Waals surface area contributed by atoms with E-state index in [2.05, 4.69) is 11.4 Å². The van der Waals surface area contributed by atoms with E-state index in [9.17, 15) is 20.2 Å². The monoisotopic (exact) mass is 491 g/mol. The first-order chi connectivity index (χ1) is 16.7. The predicted molar refractivity (Wildman–Crippen MR) is 135 cm³/mol. The molecule has 0 spiro atoms. The van der Waals surface area contributed by atoms with Crippen LogP contribution >= 0.6 is 11.6 Å². The van der Waals surface area contributed by atoms with Gasteiger partial charge in [-0.2, -0.15) is 5.26 Å². The molecule has 0 fully saturated rings. The summed E-state index contributed by atoms with van der Waals surface area (Å²) >= 11 is 6.41. The van der Waals surface area contributed by atoms with Gasteiger partial charge >= 0.3 is 0 Å². The number of carbonyl (C=O) groups excluding carboxylic acids is 1. The quantitative estimate of drug-likeness (QED) is 0.180. The number of nitrogens with zero attached hydrogens (tertiary/aromatic N) is 2. The summed E-state index contributed by atoms with van der Waals surface area (Å²) in [5, 5.41) is 23.5. The van der Waals surface area contributed by atoms with Crippen molar-refractivity contribution < 1.29 is 19.2 Å². The number of carbonyl (C=O) groups is 1. The van der Waals surface area contributed by atoms with Crippen molar-refractivity contribution >= 4 is 40.5 Å². The van der Waals surface area contributed by atoms with Crippen molar-refractivity contribution in [1.82, 2.24) is 0 Å². The molecule has 0 saturated carbocycles. The molecule has 3 aromatic rings. The molecule has 0 aliphatic carbocycles. The molecule has 0 radical (unpaired) electrons. The van der Waals surface area contributed by atoms with Crippen LogP contribution in [0.3, 0.4) is 0 Å². The molecule has 1 N–H and O–H groups in total. The maximum atomic E-state index is 12.4. The number of hydrogen-bond acceptors (Lipinski definition) is 6. The molecule has 0 bridgehead atoms. The molecular weight excluding hydrogens is 470 g/mol. The molecule has 0 heterocycles. The number of anilines is 1. The van der Waals surface area contributed by atoms with Crippen LogP contribution in [0, 0.1) is 35.3 Å². The fraction of sp³-hybridized carbons (Fsp3) is 0.154. The minimum Gasteiger partial charge on any atom is -0.493 e. The maximum Gasteiger partial charge on any atom is 0.269 e. The minimum atomic E-state index is -0.509. The van der Waals surface area contributed by atoms with Crippen LogP contribution in [0.15, 0.2) is 54.6 Å². The molecule has 178 valence electrons. The van der Waals surface area contributed by atoms with Gasteiger partial charge in [0.05, 0.1) is 28.7 Å². The second-order valence-electron chi connectivity index (χ2n) is 7.66. The third-order valence-electron chi connectivity index (χ3n) is 5.09. The van der Waals surface area contributed by atoms with E-state index in [4.69, 9.17) is 21.1 Å². The van der Waals surface area contributed by atoms with Crippen molar-refractivity contribution in [3.63, 3.8) is 0 Å². The molecule has 0 aliphatic heterocycles. The zero-order chi connectivity index (χ0) is 25.5. The van der Waals surface area contributed by atoms with Crippen LogP contribution in [-0.2, 0) is 4.79 Å². The number of methoxy groups -OCH3 is 1. The molecular formula is C26H22ClN3O5. The Balaban J connectivity index is 1.79. The first-order valence-corrected chi connectivity index (χ1v) is 10.8. The third-order valence-corrected chi connectivity index (χ3v) is 5.37. The average Bonchev–Trinajstić information content (AvgIpc) is 2.83. The van der Waals surface area contributed by atoms with Crippen LogP contribution in [-0.4, -0.2) is 24.5 Å². The highest BCUT2D eigenvalue weighted by Crippen LogP contribution is 2.37. The second-order valence-corrected chi connectivity index (χ2v) is 8.07. The van der Waals surface area contributed by atoms with E-state index in [1.54, 1.807) is 18.2 Å². The number of rotatable bonds is 8. The van der Waals surface area contributed by atoms with Gasteiger partial charge in [0.25, 0.3) is 11.6 Å². The molecule has 0 unspecified atom stereocenters. The van der Waals surface area contributed by atoms with Crippen LogP contribution in [0.2, 0.25) is 5.02 Å². The first kappa shape index (κ1) is 25.3. The van der Waals surface area contributed by atoms with E-state index in [1.807, 2.05) is 32.0 Å². The lowest BCUT2D eigenvalue weighted by atomic mass is 10.0. The molecule has 0 atom stereocenters. The number of nitriles is 1. The Morgan fingerprint density at radius 3 is 2.51 bits per heavy atom. The number of benzene rings is 3. The van der Waals surface area contributed by atoms with E-state index in [0.29, 0.717) is 16.8 Å². The maximum absolute atomic E-state index is 12.4. The van der Waals surface area contributed by atoms with Gasteiger partial charge in [0.1, 0.15) is 0 Å². The fourth-order valence-electron chi connectivity index (χ4n) is 3.27. The molecule has 0 saturated heterocycles. The van der Waals surface area contributed by atoms with E-state index in [0.717, 1.165) is 11.1 Å². The Kier molecular flexibility index (Phi) is 8.08. The van der Waals surface area contributed by atoms with Crippen molar-refractivity contribution in [3.8, 4) is 17.6 Å². The highest BCUT2D eigenvalue weighted by Gasteiger charge is 2.15. The van der Waals surface area contributed by atoms with Crippen LogP contribution in [0.5, 0.6) is 11.5 Å². The van der Waals surface area contributed by atoms with E-state index in [1.165, 1.54) is 31.4 Å². The second kappa shape index (κ2) is 11.2. The number of nitro benzene ring substituents is 1. The summed E-state index contributed by atoms with van der Waals surface area (Å²) in [6, 6.07) is 16.7. The molecule has 9 heteroatoms. The summed E-state index contributed by atoms with van der Waals surface area (Å²) in [4.78, 5) is 22.8. The topological polar surface area (TPSA) is 114 Å². The third kappa shape index (κ3) is 6.37. The van der Waals surface area contributed by atoms with Gasteiger partial charge in [0, 0.05) is 17.8 Å². The van der Waals surface area contributed by atoms with Gasteiger partial charge in [-0.25, -0.2) is 0 Å². The van der Waals surface area contributed by atoms with Crippen molar-refractivity contribution in [3.05, 3.63) is 92.0 Å². The summed E-state index contributed by atoms with van der Waals surface area (Å²) in [5.41, 5.74) is 3.92. The lowest BCUT2D eigenvalue weighted by molar-refractivity contribution is -0.384. The van der Waals surface area contributed by atoms with E-state index >= 15 is 0 Å². The molecule has 1 amide bonds. The van der Waals surface area contributed by atoms with Crippen molar-refractivity contribution in [1.29, 1.82) is 5.26 Å². The molecule has 0 aromatic heterocycles. The van der Waals surface area contributed by atoms with Crippen molar-refractivity contribution in [2.24, 2.45) is 0 Å². The molecule has 35 heavy (non-hydrogen) atoms. The van der Waals surface area contributed by atoms with Crippen LogP contribution in [0.1, 0.15) is 22.3 Å². The van der Waals surface area contributed by atoms with Crippen molar-refractivity contribution in [2.45, 2.75) is 13.8 Å². The summed E-state index contributed by atoms with van der Waals surface area (Å²) in [6.45, 7) is 3.55. The van der Waals surface area contributed by atoms with Crippen LogP contribution in [0.4, 0.5) is 11.4 Å². The lowest BCUT2D eigenvalue weighted by Gasteiger charge is -2.14. The Morgan fingerprint density at radius 2 is 1.89 bits per heavy atom. The highest BCUT2D eigenvalue weighted by molar-refractivity contribution is 6.32. The smallest absolute Gasteiger partial charge is 0.269 e. The van der Waals surface area contributed by atoms with E-state index < -0.39 is 4.92 Å². The van der Waals surface area contributed by atoms with Gasteiger partial charge in [0.15, 0.2) is 18.1 Å². The zero-order valence-electron chi connectivity index (χ0n) is 19.3. The number of nitrogens with one attached hydrogen (secondary N) is 1. The van der Waals surface area contributed by atoms with Crippen molar-refractivity contribution in [2.75, 3.05) is 19.0 Å². The molecule has 3 rings (SSSR count). The van der Waals surface area contributed by atoms with Gasteiger partial charge in [-0.3, -0.25) is 14.9 Å². The SMILES string of the molecule is COc1cc(/C=C(\C#N)c2ccc([N+](=O)[O-])cc2)cc(Cl)c1OCC(=O)Nc1cc(C)ccc1C. The Labute approximate surface area is 207 Å². The predicted octanol–water partition coefficient (Wildman–Crippen LogP) is 5.96. The number of non-ortho nitro benzene ring substituents is 1. The Bertz CT molecular complexity index is 1340. The largest absolute Gasteiger partial charge is 0.493 e. The summed E-state index contributed by atoms with van der Waals surface area (Å²) in [5.74, 6) is 0.117. The number of nitro groups is 1. The van der Waals surface area contributed by atoms with E-state index in [-0.39, 0.29) is 40.3 Å². The minimum absolute atomic E-state index is 0.0705. The fourth-order valence-corrected chi connectivity index (χ4v) is 3.54. The van der Waals surface area contributed by atoms with Gasteiger partial charge in [-0.1, -0.05) is 23.7 Å². The van der Waals surface area contributed by atoms with Gasteiger partial charge < -0.3 is 14.8 Å². The first-order valence-electron chi connectivity index (χ1n) is 10.5. The normalized spacial score (nSPS) is 10.9. The standard InChI is InChI=1S/C26H22ClN3O5/c1-16-4-5-17(2)23(10-16)29-25(31)15-35-26-22(27)12-18(13-24(26)34-3)11-20(14-28)19-6-8-21(9-7-19)30(32)33/h4-13H,15H2,1-3H3,(H,29,31)/b20-11+. The highest BCUT2D eigenvalue weighted by atomic mass is 35.5. The molecule has 8 nitrogen and oxygen atoms in total. The zero-order valence-corrected chi connectivity index (χ0v) is 20.1. The average molecular weight is 492 g/mol.